The van der Waals surface area contributed by atoms with E-state index in [0.29, 0.717) is 0 Å². The van der Waals surface area contributed by atoms with E-state index in [1.165, 1.54) is 0 Å². The molecule has 0 spiro atoms. The summed E-state index contributed by atoms with van der Waals surface area (Å²) in [4.78, 5) is 17.8. The molecule has 80 valence electrons. The van der Waals surface area contributed by atoms with Crippen molar-refractivity contribution >= 4 is 11.9 Å². The van der Waals surface area contributed by atoms with Crippen molar-refractivity contribution in [2.45, 2.75) is 13.8 Å². The average molecular weight is 321 g/mol. The summed E-state index contributed by atoms with van der Waals surface area (Å²) < 4.78 is 0. The number of carboxylic acids is 2. The minimum absolute atomic E-state index is 0. The van der Waals surface area contributed by atoms with Crippen molar-refractivity contribution in [3.05, 3.63) is 0 Å². The fourth-order valence-electron chi connectivity index (χ4n) is 0. The molecule has 0 unspecified atom stereocenters. The number of carbonyl (C=O) groups excluding carboxylic acids is 2. The van der Waals surface area contributed by atoms with Crippen LogP contribution in [0.15, 0.2) is 0 Å². The van der Waals surface area contributed by atoms with Gasteiger partial charge < -0.3 is 41.7 Å². The van der Waals surface area contributed by atoms with Crippen LogP contribution >= 0.6 is 0 Å². The van der Waals surface area contributed by atoms with Crippen LogP contribution in [0.1, 0.15) is 13.8 Å². The Kier molecular flexibility index (Phi) is 243. The first-order valence-electron chi connectivity index (χ1n) is 1.82. The van der Waals surface area contributed by atoms with Crippen LogP contribution in [0.5, 0.6) is 0 Å². The predicted octanol–water partition coefficient (Wildman–Crippen LogP) is -5.79. The summed E-state index contributed by atoms with van der Waals surface area (Å²) >= 11 is 0. The van der Waals surface area contributed by atoms with Crippen molar-refractivity contribution in [3.63, 3.8) is 0 Å². The predicted molar refractivity (Wildman–Crippen MR) is 35.8 cm³/mol. The van der Waals surface area contributed by atoms with Gasteiger partial charge in [-0.25, -0.2) is 0 Å². The van der Waals surface area contributed by atoms with Crippen LogP contribution in [0, 0.1) is 0 Å². The van der Waals surface area contributed by atoms with E-state index in [0.717, 1.165) is 13.8 Å². The van der Waals surface area contributed by atoms with Crippen LogP contribution in [0.25, 0.3) is 0 Å². The third-order valence-corrected chi connectivity index (χ3v) is 0. The average Bonchev–Trinajstić information content (AvgIpc) is 1.25. The summed E-state index contributed by atoms with van der Waals surface area (Å²) in [6.07, 6.45) is 0. The zero-order chi connectivity index (χ0) is 7.15. The van der Waals surface area contributed by atoms with Gasteiger partial charge in [-0.2, -0.15) is 0 Å². The molecule has 0 aliphatic heterocycles. The molecular formula is C4H14O8Zn2+2. The molecule has 0 saturated carbocycles. The number of carboxylic acid groups (broad SMARTS) is 2. The van der Waals surface area contributed by atoms with Gasteiger partial charge in [-0.05, 0) is 13.8 Å². The van der Waals surface area contributed by atoms with Gasteiger partial charge in [0.15, 0.2) is 0 Å². The monoisotopic (exact) mass is 318 g/mol. The minimum atomic E-state index is -1.08. The Balaban J connectivity index is -0.00000000600. The fourth-order valence-corrected chi connectivity index (χ4v) is 0. The molecule has 10 heteroatoms. The number of hydrogen-bond acceptors (Lipinski definition) is 4. The Labute approximate surface area is 106 Å². The minimum Gasteiger partial charge on any atom is -0.550 e. The summed E-state index contributed by atoms with van der Waals surface area (Å²) in [6, 6.07) is 0. The maximum Gasteiger partial charge on any atom is 2.00 e. The molecule has 0 aromatic rings. The maximum atomic E-state index is 8.89. The Bertz CT molecular complexity index is 77.3. The first-order valence-corrected chi connectivity index (χ1v) is 1.82. The summed E-state index contributed by atoms with van der Waals surface area (Å²) in [5, 5.41) is 17.8. The molecule has 0 heterocycles. The van der Waals surface area contributed by atoms with Gasteiger partial charge in [0.1, 0.15) is 0 Å². The molecule has 0 aliphatic carbocycles. The van der Waals surface area contributed by atoms with Crippen LogP contribution in [0.3, 0.4) is 0 Å². The second kappa shape index (κ2) is 51.9. The van der Waals surface area contributed by atoms with Gasteiger partial charge in [0.2, 0.25) is 0 Å². The molecule has 0 aliphatic rings. The normalized spacial score (nSPS) is 3.57. The Morgan fingerprint density at radius 3 is 0.714 bits per heavy atom. The van der Waals surface area contributed by atoms with E-state index in [1.54, 1.807) is 0 Å². The fraction of sp³-hybridized carbons (Fsp3) is 0.500. The maximum absolute atomic E-state index is 8.89. The van der Waals surface area contributed by atoms with Gasteiger partial charge in [0.05, 0.1) is 0 Å². The van der Waals surface area contributed by atoms with Crippen molar-refractivity contribution in [1.82, 2.24) is 0 Å². The van der Waals surface area contributed by atoms with Gasteiger partial charge in [-0.15, -0.1) is 0 Å². The molecule has 0 radical (unpaired) electrons. The van der Waals surface area contributed by atoms with E-state index >= 15 is 0 Å². The molecular weight excluding hydrogens is 307 g/mol. The molecule has 0 bridgehead atoms. The number of hydrogen-bond donors (Lipinski definition) is 0. The Hall–Kier alpha value is 0.0268. The molecule has 14 heavy (non-hydrogen) atoms. The molecule has 0 amide bonds. The number of carbonyl (C=O) groups is 2. The van der Waals surface area contributed by atoms with Gasteiger partial charge in [-0.3, -0.25) is 0 Å². The SMILES string of the molecule is CC(=O)[O-].CC(=O)[O-].O.O.O.O.[Zn+2].[Zn+2]. The van der Waals surface area contributed by atoms with E-state index in [-0.39, 0.29) is 60.9 Å². The van der Waals surface area contributed by atoms with Gasteiger partial charge in [0.25, 0.3) is 0 Å². The van der Waals surface area contributed by atoms with Crippen LogP contribution in [0.4, 0.5) is 0 Å². The molecule has 0 aromatic carbocycles. The quantitative estimate of drug-likeness (QED) is 0.399. The first-order chi connectivity index (χ1) is 3.46. The van der Waals surface area contributed by atoms with Crippen molar-refractivity contribution in [3.8, 4) is 0 Å². The van der Waals surface area contributed by atoms with E-state index < -0.39 is 11.9 Å². The van der Waals surface area contributed by atoms with Crippen LogP contribution < -0.4 is 10.2 Å². The molecule has 0 saturated heterocycles. The molecule has 0 fully saturated rings. The summed E-state index contributed by atoms with van der Waals surface area (Å²) in [7, 11) is 0. The first kappa shape index (κ1) is 65.5. The van der Waals surface area contributed by atoms with Gasteiger partial charge >= 0.3 is 39.0 Å². The van der Waals surface area contributed by atoms with Gasteiger partial charge in [-0.1, -0.05) is 0 Å². The summed E-state index contributed by atoms with van der Waals surface area (Å²) in [5.74, 6) is -2.17. The van der Waals surface area contributed by atoms with E-state index in [9.17, 15) is 0 Å². The van der Waals surface area contributed by atoms with Crippen LogP contribution in [0.2, 0.25) is 0 Å². The van der Waals surface area contributed by atoms with Crippen LogP contribution in [-0.2, 0) is 48.5 Å². The van der Waals surface area contributed by atoms with E-state index in [1.807, 2.05) is 0 Å². The topological polar surface area (TPSA) is 206 Å². The zero-order valence-electron chi connectivity index (χ0n) is 8.05. The van der Waals surface area contributed by atoms with E-state index in [2.05, 4.69) is 0 Å². The van der Waals surface area contributed by atoms with Crippen molar-refractivity contribution in [1.29, 1.82) is 0 Å². The van der Waals surface area contributed by atoms with Crippen LogP contribution in [-0.4, -0.2) is 33.8 Å². The summed E-state index contributed by atoms with van der Waals surface area (Å²) in [6.45, 7) is 1.94. The third kappa shape index (κ3) is 2040000. The Morgan fingerprint density at radius 2 is 0.714 bits per heavy atom. The molecule has 0 aromatic heterocycles. The smallest absolute Gasteiger partial charge is 0.550 e. The number of aliphatic carboxylic acids is 2. The second-order valence-electron chi connectivity index (χ2n) is 0.983. The second-order valence-corrected chi connectivity index (χ2v) is 0.983. The van der Waals surface area contributed by atoms with Crippen molar-refractivity contribution in [2.75, 3.05) is 0 Å². The third-order valence-electron chi connectivity index (χ3n) is 0. The Morgan fingerprint density at radius 1 is 0.714 bits per heavy atom. The molecule has 8 N–H and O–H groups in total. The molecule has 0 atom stereocenters. The molecule has 0 rings (SSSR count). The largest absolute Gasteiger partial charge is 2.00 e. The standard InChI is InChI=1S/2C2H4O2.4H2O.2Zn/c2*1-2(3)4;;;;;;/h2*1H3,(H,3,4);4*1H2;;/q;;;;;;2*+2/p-2. The molecule has 8 nitrogen and oxygen atoms in total. The van der Waals surface area contributed by atoms with E-state index in [4.69, 9.17) is 19.8 Å². The van der Waals surface area contributed by atoms with Gasteiger partial charge in [0, 0.05) is 11.9 Å². The number of rotatable bonds is 0. The van der Waals surface area contributed by atoms with Crippen molar-refractivity contribution < 1.29 is 80.7 Å². The zero-order valence-corrected chi connectivity index (χ0v) is 14.0. The van der Waals surface area contributed by atoms with Crippen molar-refractivity contribution in [2.24, 2.45) is 0 Å². The summed E-state index contributed by atoms with van der Waals surface area (Å²) in [5.41, 5.74) is 0.